The summed E-state index contributed by atoms with van der Waals surface area (Å²) < 4.78 is 0. The molecule has 0 saturated carbocycles. The third-order valence-electron chi connectivity index (χ3n) is 4.74. The zero-order valence-corrected chi connectivity index (χ0v) is 10.7. The fourth-order valence-electron chi connectivity index (χ4n) is 3.57. The summed E-state index contributed by atoms with van der Waals surface area (Å²) in [5.74, 6) is 1.92. The molecule has 0 aromatic carbocycles. The maximum absolute atomic E-state index is 12.3. The highest BCUT2D eigenvalue weighted by molar-refractivity contribution is 5.81. The lowest BCUT2D eigenvalue weighted by Crippen LogP contribution is -2.46. The van der Waals surface area contributed by atoms with Gasteiger partial charge >= 0.3 is 0 Å². The summed E-state index contributed by atoms with van der Waals surface area (Å²) in [5.41, 5.74) is 0. The zero-order chi connectivity index (χ0) is 11.8. The van der Waals surface area contributed by atoms with Gasteiger partial charge in [-0.15, -0.1) is 0 Å². The van der Waals surface area contributed by atoms with E-state index < -0.39 is 0 Å². The molecule has 3 heterocycles. The Hall–Kier alpha value is -0.610. The van der Waals surface area contributed by atoms with Gasteiger partial charge in [-0.2, -0.15) is 0 Å². The molecule has 3 unspecified atom stereocenters. The van der Waals surface area contributed by atoms with Crippen molar-refractivity contribution in [3.63, 3.8) is 0 Å². The standard InChI is InChI=1S/C13H23N3O/c1-10(13(17)15-4-2-3-5-15)16-8-11-6-14-7-12(11)9-16/h10-12,14H,2-9H2,1H3. The van der Waals surface area contributed by atoms with Gasteiger partial charge in [0.1, 0.15) is 0 Å². The number of nitrogens with zero attached hydrogens (tertiary/aromatic N) is 2. The first kappa shape index (κ1) is 11.5. The Kier molecular flexibility index (Phi) is 3.09. The molecule has 3 rings (SSSR count). The first-order valence-electron chi connectivity index (χ1n) is 6.99. The highest BCUT2D eigenvalue weighted by Gasteiger charge is 2.40. The molecule has 0 radical (unpaired) electrons. The normalized spacial score (nSPS) is 35.2. The Morgan fingerprint density at radius 3 is 2.35 bits per heavy atom. The van der Waals surface area contributed by atoms with Crippen LogP contribution in [0.4, 0.5) is 0 Å². The van der Waals surface area contributed by atoms with Gasteiger partial charge in [0.25, 0.3) is 0 Å². The van der Waals surface area contributed by atoms with Gasteiger partial charge in [-0.25, -0.2) is 0 Å². The number of nitrogens with one attached hydrogen (secondary N) is 1. The molecule has 0 aliphatic carbocycles. The average Bonchev–Trinajstić information content (AvgIpc) is 3.01. The molecule has 1 N–H and O–H groups in total. The molecule has 3 saturated heterocycles. The Labute approximate surface area is 103 Å². The van der Waals surface area contributed by atoms with Crippen molar-refractivity contribution in [1.82, 2.24) is 15.1 Å². The van der Waals surface area contributed by atoms with Crippen molar-refractivity contribution in [2.75, 3.05) is 39.3 Å². The second-order valence-electron chi connectivity index (χ2n) is 5.84. The SMILES string of the molecule is CC(C(=O)N1CCCC1)N1CC2CNCC2C1. The summed E-state index contributed by atoms with van der Waals surface area (Å²) in [6, 6.07) is 0.0960. The van der Waals surface area contributed by atoms with Crippen LogP contribution in [-0.2, 0) is 4.79 Å². The van der Waals surface area contributed by atoms with Gasteiger partial charge in [0.2, 0.25) is 5.91 Å². The number of amides is 1. The molecule has 3 aliphatic rings. The van der Waals surface area contributed by atoms with E-state index in [0.29, 0.717) is 5.91 Å². The predicted molar refractivity (Wildman–Crippen MR) is 66.7 cm³/mol. The minimum Gasteiger partial charge on any atom is -0.341 e. The number of carbonyl (C=O) groups is 1. The van der Waals surface area contributed by atoms with Crippen LogP contribution in [0.25, 0.3) is 0 Å². The van der Waals surface area contributed by atoms with Crippen molar-refractivity contribution in [3.8, 4) is 0 Å². The summed E-state index contributed by atoms with van der Waals surface area (Å²) >= 11 is 0. The molecule has 0 bridgehead atoms. The molecular formula is C13H23N3O. The molecular weight excluding hydrogens is 214 g/mol. The highest BCUT2D eigenvalue weighted by Crippen LogP contribution is 2.28. The molecule has 0 aromatic heterocycles. The molecule has 4 heteroatoms. The molecule has 1 amide bonds. The van der Waals surface area contributed by atoms with E-state index in [9.17, 15) is 4.79 Å². The number of hydrogen-bond acceptors (Lipinski definition) is 3. The van der Waals surface area contributed by atoms with Gasteiger partial charge in [-0.3, -0.25) is 9.69 Å². The second-order valence-corrected chi connectivity index (χ2v) is 5.84. The van der Waals surface area contributed by atoms with E-state index in [1.807, 2.05) is 0 Å². The summed E-state index contributed by atoms with van der Waals surface area (Å²) in [4.78, 5) is 16.8. The van der Waals surface area contributed by atoms with Crippen LogP contribution >= 0.6 is 0 Å². The summed E-state index contributed by atoms with van der Waals surface area (Å²) in [6.45, 7) is 8.56. The van der Waals surface area contributed by atoms with Crippen molar-refractivity contribution in [1.29, 1.82) is 0 Å². The molecule has 0 aromatic rings. The van der Waals surface area contributed by atoms with Gasteiger partial charge in [-0.05, 0) is 44.7 Å². The van der Waals surface area contributed by atoms with Crippen molar-refractivity contribution >= 4 is 5.91 Å². The summed E-state index contributed by atoms with van der Waals surface area (Å²) in [7, 11) is 0. The molecule has 96 valence electrons. The molecule has 0 spiro atoms. The summed E-state index contributed by atoms with van der Waals surface area (Å²) in [5, 5.41) is 3.45. The van der Waals surface area contributed by atoms with E-state index >= 15 is 0 Å². The fourth-order valence-corrected chi connectivity index (χ4v) is 3.57. The van der Waals surface area contributed by atoms with Crippen LogP contribution in [-0.4, -0.2) is 61.0 Å². The van der Waals surface area contributed by atoms with Crippen LogP contribution in [0.2, 0.25) is 0 Å². The largest absolute Gasteiger partial charge is 0.341 e. The van der Waals surface area contributed by atoms with Crippen LogP contribution in [0.1, 0.15) is 19.8 Å². The Morgan fingerprint density at radius 1 is 1.18 bits per heavy atom. The van der Waals surface area contributed by atoms with E-state index in [0.717, 1.165) is 51.1 Å². The van der Waals surface area contributed by atoms with E-state index in [4.69, 9.17) is 0 Å². The smallest absolute Gasteiger partial charge is 0.239 e. The minimum atomic E-state index is 0.0960. The number of hydrogen-bond donors (Lipinski definition) is 1. The van der Waals surface area contributed by atoms with Crippen LogP contribution in [0, 0.1) is 11.8 Å². The van der Waals surface area contributed by atoms with Crippen molar-refractivity contribution in [2.24, 2.45) is 11.8 Å². The second kappa shape index (κ2) is 4.58. The number of rotatable bonds is 2. The first-order chi connectivity index (χ1) is 8.25. The Bertz CT molecular complexity index is 289. The predicted octanol–water partition coefficient (Wildman–Crippen LogP) is 0.149. The fraction of sp³-hybridized carbons (Fsp3) is 0.923. The maximum Gasteiger partial charge on any atom is 0.239 e. The van der Waals surface area contributed by atoms with Crippen molar-refractivity contribution in [3.05, 3.63) is 0 Å². The third-order valence-corrected chi connectivity index (χ3v) is 4.74. The zero-order valence-electron chi connectivity index (χ0n) is 10.7. The van der Waals surface area contributed by atoms with Gasteiger partial charge in [0, 0.05) is 26.2 Å². The van der Waals surface area contributed by atoms with E-state index in [1.165, 1.54) is 12.8 Å². The third kappa shape index (κ3) is 2.08. The number of carbonyl (C=O) groups excluding carboxylic acids is 1. The average molecular weight is 237 g/mol. The van der Waals surface area contributed by atoms with Crippen molar-refractivity contribution in [2.45, 2.75) is 25.8 Å². The van der Waals surface area contributed by atoms with Gasteiger partial charge in [0.15, 0.2) is 0 Å². The van der Waals surface area contributed by atoms with E-state index in [2.05, 4.69) is 22.0 Å². The van der Waals surface area contributed by atoms with Crippen LogP contribution in [0.3, 0.4) is 0 Å². The van der Waals surface area contributed by atoms with Crippen LogP contribution in [0.5, 0.6) is 0 Å². The van der Waals surface area contributed by atoms with E-state index in [1.54, 1.807) is 0 Å². The Balaban J connectivity index is 1.59. The lowest BCUT2D eigenvalue weighted by Gasteiger charge is -2.28. The van der Waals surface area contributed by atoms with Gasteiger partial charge in [-0.1, -0.05) is 0 Å². The van der Waals surface area contributed by atoms with E-state index in [-0.39, 0.29) is 6.04 Å². The Morgan fingerprint density at radius 2 is 1.76 bits per heavy atom. The molecule has 3 aliphatic heterocycles. The quantitative estimate of drug-likeness (QED) is 0.742. The highest BCUT2D eigenvalue weighted by atomic mass is 16.2. The monoisotopic (exact) mass is 237 g/mol. The molecule has 17 heavy (non-hydrogen) atoms. The maximum atomic E-state index is 12.3. The summed E-state index contributed by atoms with van der Waals surface area (Å²) in [6.07, 6.45) is 2.38. The first-order valence-corrected chi connectivity index (χ1v) is 6.99. The van der Waals surface area contributed by atoms with Gasteiger partial charge in [0.05, 0.1) is 6.04 Å². The minimum absolute atomic E-state index is 0.0960. The number of fused-ring (bicyclic) bond motifs is 1. The van der Waals surface area contributed by atoms with Crippen molar-refractivity contribution < 1.29 is 4.79 Å². The number of likely N-dealkylation sites (tertiary alicyclic amines) is 2. The van der Waals surface area contributed by atoms with Crippen LogP contribution in [0.15, 0.2) is 0 Å². The van der Waals surface area contributed by atoms with Gasteiger partial charge < -0.3 is 10.2 Å². The molecule has 3 atom stereocenters. The lowest BCUT2D eigenvalue weighted by atomic mass is 10.0. The van der Waals surface area contributed by atoms with Crippen LogP contribution < -0.4 is 5.32 Å². The molecule has 3 fully saturated rings. The lowest BCUT2D eigenvalue weighted by molar-refractivity contribution is -0.135. The topological polar surface area (TPSA) is 35.6 Å². The molecule has 4 nitrogen and oxygen atoms in total.